The zero-order valence-corrected chi connectivity index (χ0v) is 51.9. The number of para-hydroxylation sites is 4. The molecule has 0 unspecified atom stereocenters. The molecule has 0 bridgehead atoms. The van der Waals surface area contributed by atoms with Crippen LogP contribution in [0.3, 0.4) is 0 Å². The minimum atomic E-state index is 0.854. The quantitative estimate of drug-likeness (QED) is 0.146. The third-order valence-electron chi connectivity index (χ3n) is 17.0. The predicted molar refractivity (Wildman–Crippen MR) is 388 cm³/mol. The molecule has 18 rings (SSSR count). The summed E-state index contributed by atoms with van der Waals surface area (Å²) in [5.41, 5.74) is 21.7. The van der Waals surface area contributed by atoms with Crippen molar-refractivity contribution in [2.45, 2.75) is 0 Å². The van der Waals surface area contributed by atoms with Crippen molar-refractivity contribution in [3.05, 3.63) is 344 Å². The van der Waals surface area contributed by atoms with Gasteiger partial charge in [0.1, 0.15) is 22.1 Å². The summed E-state index contributed by atoms with van der Waals surface area (Å²) in [6, 6.07) is 118. The lowest BCUT2D eigenvalue weighted by Crippen LogP contribution is -2.00. The van der Waals surface area contributed by atoms with Gasteiger partial charge < -0.3 is 4.98 Å². The van der Waals surface area contributed by atoms with Crippen LogP contribution in [0.25, 0.3) is 150 Å². The normalized spacial score (nSPS) is 11.3. The Hall–Kier alpha value is -12.0. The van der Waals surface area contributed by atoms with Crippen LogP contribution >= 0.6 is 15.9 Å². The molecule has 93 heavy (non-hydrogen) atoms. The van der Waals surface area contributed by atoms with Gasteiger partial charge >= 0.3 is 0 Å². The molecule has 12 aromatic carbocycles. The number of H-pyrrole nitrogens is 1. The minimum Gasteiger partial charge on any atom is -0.354 e. The largest absolute Gasteiger partial charge is 0.354 e. The first-order chi connectivity index (χ1) is 46.0. The highest BCUT2D eigenvalue weighted by Crippen LogP contribution is 2.40. The van der Waals surface area contributed by atoms with Gasteiger partial charge in [0.15, 0.2) is 0 Å². The number of aromatic nitrogens is 8. The van der Waals surface area contributed by atoms with Crippen molar-refractivity contribution in [1.29, 1.82) is 0 Å². The van der Waals surface area contributed by atoms with Crippen molar-refractivity contribution >= 4 is 81.6 Å². The first-order valence-electron chi connectivity index (χ1n) is 31.0. The van der Waals surface area contributed by atoms with Gasteiger partial charge in [0.25, 0.3) is 0 Å². The number of benzene rings is 12. The van der Waals surface area contributed by atoms with Crippen molar-refractivity contribution in [3.63, 3.8) is 0 Å². The maximum absolute atomic E-state index is 5.31. The number of nitrogens with one attached hydrogen (secondary N) is 1. The number of hydrogen-bond acceptors (Lipinski definition) is 4. The molecule has 18 aromatic rings. The molecule has 0 atom stereocenters. The monoisotopic (exact) mass is 1260 g/mol. The standard InChI is InChI=1S/C42H28N4.C25H17N3.C17H12BrN/c1-5-15-29(16-6-1)32-25-36(30-17-7-2-8-18-30)43-41(26-32)46-38-24-14-13-23-34(38)35-27-40-37(28-39(35)46)44-42(31-19-9-3-10-20-31)45(40)33-21-11-4-12-22-33;1-3-9-17(10-4-1)25-27-23-16-22-20(19-13-7-8-14-21(19)26-22)15-24(23)28(25)18-11-5-2-6-12-18;18-17-12-15(13-7-3-1-4-8-13)11-16(19-17)14-9-5-2-6-10-14/h1-28H;1-16,26H;1-12H. The molecule has 6 heterocycles. The number of imidazole rings is 2. The Morgan fingerprint density at radius 1 is 0.247 bits per heavy atom. The van der Waals surface area contributed by atoms with Crippen molar-refractivity contribution in [2.24, 2.45) is 0 Å². The number of rotatable bonds is 9. The number of aromatic amines is 1. The summed E-state index contributed by atoms with van der Waals surface area (Å²) in [6.45, 7) is 0. The molecule has 0 saturated carbocycles. The average Bonchev–Trinajstić information content (AvgIpc) is 1.59. The van der Waals surface area contributed by atoms with E-state index in [0.717, 1.165) is 128 Å². The van der Waals surface area contributed by atoms with E-state index in [4.69, 9.17) is 15.0 Å². The van der Waals surface area contributed by atoms with Crippen molar-refractivity contribution in [1.82, 2.24) is 38.6 Å². The summed E-state index contributed by atoms with van der Waals surface area (Å²) in [5.74, 6) is 2.75. The summed E-state index contributed by atoms with van der Waals surface area (Å²) in [6.07, 6.45) is 0. The number of hydrogen-bond donors (Lipinski definition) is 1. The number of pyridine rings is 2. The van der Waals surface area contributed by atoms with Gasteiger partial charge in [-0.2, -0.15) is 0 Å². The van der Waals surface area contributed by atoms with Crippen LogP contribution in [0.5, 0.6) is 0 Å². The second-order valence-electron chi connectivity index (χ2n) is 22.8. The lowest BCUT2D eigenvalue weighted by atomic mass is 10.0. The highest BCUT2D eigenvalue weighted by atomic mass is 79.9. The molecule has 8 nitrogen and oxygen atoms in total. The molecule has 6 aromatic heterocycles. The molecule has 0 saturated heterocycles. The molecule has 1 N–H and O–H groups in total. The summed E-state index contributed by atoms with van der Waals surface area (Å²) in [5, 5.41) is 4.80. The first kappa shape index (κ1) is 56.2. The van der Waals surface area contributed by atoms with Crippen molar-refractivity contribution in [2.75, 3.05) is 0 Å². The van der Waals surface area contributed by atoms with Crippen LogP contribution in [-0.2, 0) is 0 Å². The third kappa shape index (κ3) is 11.0. The highest BCUT2D eigenvalue weighted by Gasteiger charge is 2.22. The van der Waals surface area contributed by atoms with E-state index in [1.165, 1.54) is 27.3 Å². The van der Waals surface area contributed by atoms with Crippen LogP contribution < -0.4 is 0 Å². The number of halogens is 1. The van der Waals surface area contributed by atoms with Gasteiger partial charge in [-0.15, -0.1) is 0 Å². The number of fused-ring (bicyclic) bond motifs is 8. The van der Waals surface area contributed by atoms with Gasteiger partial charge in [-0.3, -0.25) is 13.7 Å². The molecule has 0 spiro atoms. The molecule has 0 radical (unpaired) electrons. The van der Waals surface area contributed by atoms with Gasteiger partial charge in [0, 0.05) is 66.2 Å². The van der Waals surface area contributed by atoms with Crippen LogP contribution in [0.2, 0.25) is 0 Å². The molecule has 0 aliphatic rings. The minimum absolute atomic E-state index is 0.854. The molecular weight excluding hydrogens is 1200 g/mol. The van der Waals surface area contributed by atoms with E-state index in [2.05, 4.69) is 313 Å². The Morgan fingerprint density at radius 3 is 1.18 bits per heavy atom. The lowest BCUT2D eigenvalue weighted by molar-refractivity contribution is 1.08. The fourth-order valence-corrected chi connectivity index (χ4v) is 13.1. The topological polar surface area (TPSA) is 82.1 Å². The van der Waals surface area contributed by atoms with E-state index >= 15 is 0 Å². The van der Waals surface area contributed by atoms with E-state index in [-0.39, 0.29) is 0 Å². The van der Waals surface area contributed by atoms with Crippen LogP contribution in [0.1, 0.15) is 0 Å². The smallest absolute Gasteiger partial charge is 0.145 e. The molecule has 0 amide bonds. The summed E-state index contributed by atoms with van der Waals surface area (Å²) in [4.78, 5) is 23.7. The molecule has 9 heteroatoms. The molecule has 0 aliphatic heterocycles. The van der Waals surface area contributed by atoms with Crippen LogP contribution in [0.4, 0.5) is 0 Å². The Kier molecular flexibility index (Phi) is 15.0. The van der Waals surface area contributed by atoms with E-state index in [1.54, 1.807) is 0 Å². The molecular formula is C84H57BrN8. The average molecular weight is 1260 g/mol. The zero-order valence-electron chi connectivity index (χ0n) is 50.3. The maximum Gasteiger partial charge on any atom is 0.145 e. The third-order valence-corrected chi connectivity index (χ3v) is 17.4. The summed E-state index contributed by atoms with van der Waals surface area (Å²) >= 11 is 3.50. The summed E-state index contributed by atoms with van der Waals surface area (Å²) in [7, 11) is 0. The van der Waals surface area contributed by atoms with Gasteiger partial charge in [0.05, 0.1) is 44.5 Å². The fraction of sp³-hybridized carbons (Fsp3) is 0. The zero-order chi connectivity index (χ0) is 62.0. The SMILES string of the molecule is Brc1cc(-c2ccccc2)cc(-c2ccccc2)n1.c1ccc(-c2cc(-c3ccccc3)nc(-n3c4ccccc4c4cc5c(cc43)nc(-c3ccccc3)n5-c3ccccc3)c2)cc1.c1ccc(-c2nc3cc4[nH]c5ccccc5c4cc3n2-c2ccccc2)cc1. The summed E-state index contributed by atoms with van der Waals surface area (Å²) < 4.78 is 7.68. The second-order valence-corrected chi connectivity index (χ2v) is 23.7. The van der Waals surface area contributed by atoms with E-state index in [9.17, 15) is 0 Å². The Bertz CT molecular complexity index is 5540. The van der Waals surface area contributed by atoms with Crippen LogP contribution in [0, 0.1) is 0 Å². The van der Waals surface area contributed by atoms with Gasteiger partial charge in [-0.05, 0) is 123 Å². The van der Waals surface area contributed by atoms with E-state index in [0.29, 0.717) is 0 Å². The molecule has 0 aliphatic carbocycles. The van der Waals surface area contributed by atoms with Crippen LogP contribution in [-0.4, -0.2) is 38.6 Å². The Balaban J connectivity index is 0.000000123. The highest BCUT2D eigenvalue weighted by molar-refractivity contribution is 9.10. The van der Waals surface area contributed by atoms with E-state index in [1.807, 2.05) is 66.7 Å². The van der Waals surface area contributed by atoms with Gasteiger partial charge in [-0.25, -0.2) is 19.9 Å². The Labute approximate surface area is 545 Å². The number of nitrogens with zero attached hydrogens (tertiary/aromatic N) is 7. The molecule has 0 fully saturated rings. The van der Waals surface area contributed by atoms with Crippen molar-refractivity contribution in [3.8, 4) is 84.7 Å². The molecule has 440 valence electrons. The predicted octanol–water partition coefficient (Wildman–Crippen LogP) is 22.0. The van der Waals surface area contributed by atoms with Gasteiger partial charge in [0.2, 0.25) is 0 Å². The lowest BCUT2D eigenvalue weighted by Gasteiger charge is -2.13. The van der Waals surface area contributed by atoms with Gasteiger partial charge in [-0.1, -0.05) is 255 Å². The fourth-order valence-electron chi connectivity index (χ4n) is 12.7. The first-order valence-corrected chi connectivity index (χ1v) is 31.8. The maximum atomic E-state index is 5.31. The van der Waals surface area contributed by atoms with Crippen LogP contribution in [0.15, 0.2) is 344 Å². The van der Waals surface area contributed by atoms with Crippen molar-refractivity contribution < 1.29 is 0 Å². The Morgan fingerprint density at radius 2 is 0.656 bits per heavy atom. The second kappa shape index (κ2) is 24.7. The van der Waals surface area contributed by atoms with E-state index < -0.39 is 0 Å².